The molecule has 1 unspecified atom stereocenters. The fourth-order valence-corrected chi connectivity index (χ4v) is 2.84. The van der Waals surface area contributed by atoms with Crippen LogP contribution >= 0.6 is 11.3 Å². The van der Waals surface area contributed by atoms with Crippen molar-refractivity contribution in [1.29, 1.82) is 0 Å². The number of hydrogen-bond donors (Lipinski definition) is 1. The van der Waals surface area contributed by atoms with E-state index in [1.54, 1.807) is 5.56 Å². The largest absolute Gasteiger partial charge is 0.320 e. The molecule has 0 spiro atoms. The molecular formula is C13H23NS. The van der Waals surface area contributed by atoms with Crippen molar-refractivity contribution in [1.82, 2.24) is 5.32 Å². The molecule has 0 aromatic carbocycles. The van der Waals surface area contributed by atoms with Crippen LogP contribution < -0.4 is 5.32 Å². The van der Waals surface area contributed by atoms with Gasteiger partial charge in [0.15, 0.2) is 0 Å². The zero-order chi connectivity index (χ0) is 11.3. The second-order valence-electron chi connectivity index (χ2n) is 4.47. The molecule has 0 aliphatic rings. The molecule has 0 radical (unpaired) electrons. The van der Waals surface area contributed by atoms with Crippen molar-refractivity contribution in [3.8, 4) is 0 Å². The van der Waals surface area contributed by atoms with Gasteiger partial charge in [0.2, 0.25) is 0 Å². The van der Waals surface area contributed by atoms with Gasteiger partial charge in [0.05, 0.1) is 0 Å². The van der Waals surface area contributed by atoms with Crippen molar-refractivity contribution in [3.05, 3.63) is 21.4 Å². The Hall–Kier alpha value is -0.340. The van der Waals surface area contributed by atoms with E-state index in [1.165, 1.54) is 29.0 Å². The summed E-state index contributed by atoms with van der Waals surface area (Å²) < 4.78 is 0. The fraction of sp³-hybridized carbons (Fsp3) is 0.692. The smallest absolute Gasteiger partial charge is 0.00490 e. The molecule has 1 aromatic heterocycles. The minimum atomic E-state index is 0.831. The Labute approximate surface area is 97.9 Å². The van der Waals surface area contributed by atoms with Crippen LogP contribution in [-0.4, -0.2) is 13.6 Å². The predicted octanol–water partition coefficient (Wildman–Crippen LogP) is 3.54. The van der Waals surface area contributed by atoms with Crippen LogP contribution in [0.2, 0.25) is 0 Å². The van der Waals surface area contributed by atoms with Crippen LogP contribution in [0.25, 0.3) is 0 Å². The lowest BCUT2D eigenvalue weighted by molar-refractivity contribution is 0.482. The molecule has 1 aromatic rings. The maximum atomic E-state index is 3.21. The number of thiophene rings is 1. The van der Waals surface area contributed by atoms with E-state index < -0.39 is 0 Å². The molecule has 86 valence electrons. The highest BCUT2D eigenvalue weighted by molar-refractivity contribution is 7.12. The molecule has 15 heavy (non-hydrogen) atoms. The summed E-state index contributed by atoms with van der Waals surface area (Å²) in [5.41, 5.74) is 1.56. The molecule has 1 atom stereocenters. The summed E-state index contributed by atoms with van der Waals surface area (Å²) in [6.07, 6.45) is 3.86. The van der Waals surface area contributed by atoms with Crippen LogP contribution in [0.1, 0.15) is 35.1 Å². The van der Waals surface area contributed by atoms with Gasteiger partial charge < -0.3 is 5.32 Å². The molecule has 2 heteroatoms. The summed E-state index contributed by atoms with van der Waals surface area (Å²) in [5, 5.41) is 3.21. The molecule has 0 amide bonds. The molecule has 1 nitrogen and oxygen atoms in total. The topological polar surface area (TPSA) is 12.0 Å². The Morgan fingerprint density at radius 3 is 2.60 bits per heavy atom. The highest BCUT2D eigenvalue weighted by Crippen LogP contribution is 2.23. The summed E-state index contributed by atoms with van der Waals surface area (Å²) >= 11 is 1.93. The molecule has 0 aliphatic carbocycles. The van der Waals surface area contributed by atoms with Crippen LogP contribution in [-0.2, 0) is 6.42 Å². The summed E-state index contributed by atoms with van der Waals surface area (Å²) in [7, 11) is 2.03. The van der Waals surface area contributed by atoms with Crippen molar-refractivity contribution in [3.63, 3.8) is 0 Å². The molecule has 0 aliphatic heterocycles. The molecular weight excluding hydrogens is 202 g/mol. The normalized spacial score (nSPS) is 13.1. The van der Waals surface area contributed by atoms with Crippen molar-refractivity contribution < 1.29 is 0 Å². The van der Waals surface area contributed by atoms with E-state index in [4.69, 9.17) is 0 Å². The van der Waals surface area contributed by atoms with Gasteiger partial charge in [-0.15, -0.1) is 11.3 Å². The number of aryl methyl sites for hydroxylation is 3. The molecule has 1 rings (SSSR count). The SMILES string of the molecule is CNCCC(C)CCc1cc(C)sc1C. The maximum absolute atomic E-state index is 3.21. The highest BCUT2D eigenvalue weighted by atomic mass is 32.1. The van der Waals surface area contributed by atoms with Crippen LogP contribution in [0.4, 0.5) is 0 Å². The van der Waals surface area contributed by atoms with Crippen molar-refractivity contribution in [2.24, 2.45) is 5.92 Å². The van der Waals surface area contributed by atoms with Crippen LogP contribution in [0.5, 0.6) is 0 Å². The fourth-order valence-electron chi connectivity index (χ4n) is 1.87. The summed E-state index contributed by atoms with van der Waals surface area (Å²) in [5.74, 6) is 0.831. The molecule has 0 bridgehead atoms. The number of hydrogen-bond acceptors (Lipinski definition) is 2. The van der Waals surface area contributed by atoms with Crippen molar-refractivity contribution in [2.75, 3.05) is 13.6 Å². The Balaban J connectivity index is 2.33. The lowest BCUT2D eigenvalue weighted by Gasteiger charge is -2.10. The third kappa shape index (κ3) is 4.35. The number of rotatable bonds is 6. The standard InChI is InChI=1S/C13H23NS/c1-10(7-8-14-4)5-6-13-9-11(2)15-12(13)3/h9-10,14H,5-8H2,1-4H3. The average molecular weight is 225 g/mol. The van der Waals surface area contributed by atoms with E-state index >= 15 is 0 Å². The van der Waals surface area contributed by atoms with Crippen molar-refractivity contribution >= 4 is 11.3 Å². The first kappa shape index (κ1) is 12.7. The number of nitrogens with one attached hydrogen (secondary N) is 1. The summed E-state index contributed by atoms with van der Waals surface area (Å²) in [4.78, 5) is 2.96. The monoisotopic (exact) mass is 225 g/mol. The van der Waals surface area contributed by atoms with E-state index in [0.29, 0.717) is 0 Å². The Bertz CT molecular complexity index is 291. The molecule has 0 saturated heterocycles. The zero-order valence-electron chi connectivity index (χ0n) is 10.4. The van der Waals surface area contributed by atoms with Gasteiger partial charge in [-0.1, -0.05) is 6.92 Å². The molecule has 1 heterocycles. The minimum absolute atomic E-state index is 0.831. The molecule has 0 saturated carbocycles. The summed E-state index contributed by atoms with van der Waals surface area (Å²) in [6.45, 7) is 7.94. The third-order valence-electron chi connectivity index (χ3n) is 2.94. The lowest BCUT2D eigenvalue weighted by atomic mass is 9.98. The van der Waals surface area contributed by atoms with Gasteiger partial charge in [0, 0.05) is 9.75 Å². The van der Waals surface area contributed by atoms with E-state index in [2.05, 4.69) is 32.2 Å². The van der Waals surface area contributed by atoms with Crippen molar-refractivity contribution in [2.45, 2.75) is 40.0 Å². The molecule has 1 N–H and O–H groups in total. The highest BCUT2D eigenvalue weighted by Gasteiger charge is 2.06. The first-order chi connectivity index (χ1) is 7.13. The van der Waals surface area contributed by atoms with Gasteiger partial charge >= 0.3 is 0 Å². The van der Waals surface area contributed by atoms with Gasteiger partial charge in [0.1, 0.15) is 0 Å². The van der Waals surface area contributed by atoms with Crippen LogP contribution in [0.3, 0.4) is 0 Å². The van der Waals surface area contributed by atoms with Gasteiger partial charge in [-0.25, -0.2) is 0 Å². The minimum Gasteiger partial charge on any atom is -0.320 e. The van der Waals surface area contributed by atoms with E-state index in [0.717, 1.165) is 12.5 Å². The van der Waals surface area contributed by atoms with Gasteiger partial charge in [-0.3, -0.25) is 0 Å². The lowest BCUT2D eigenvalue weighted by Crippen LogP contribution is -2.11. The molecule has 0 fully saturated rings. The third-order valence-corrected chi connectivity index (χ3v) is 3.95. The van der Waals surface area contributed by atoms with Crippen LogP contribution in [0.15, 0.2) is 6.07 Å². The van der Waals surface area contributed by atoms with Gasteiger partial charge in [-0.05, 0) is 64.3 Å². The zero-order valence-corrected chi connectivity index (χ0v) is 11.2. The average Bonchev–Trinajstić information content (AvgIpc) is 2.51. The van der Waals surface area contributed by atoms with E-state index in [9.17, 15) is 0 Å². The van der Waals surface area contributed by atoms with Crippen LogP contribution in [0, 0.1) is 19.8 Å². The maximum Gasteiger partial charge on any atom is 0.00490 e. The summed E-state index contributed by atoms with van der Waals surface area (Å²) in [6, 6.07) is 2.35. The first-order valence-electron chi connectivity index (χ1n) is 5.84. The predicted molar refractivity (Wildman–Crippen MR) is 69.8 cm³/mol. The van der Waals surface area contributed by atoms with Gasteiger partial charge in [-0.2, -0.15) is 0 Å². The second kappa shape index (κ2) is 6.29. The van der Waals surface area contributed by atoms with E-state index in [-0.39, 0.29) is 0 Å². The van der Waals surface area contributed by atoms with E-state index in [1.807, 2.05) is 18.4 Å². The first-order valence-corrected chi connectivity index (χ1v) is 6.65. The Morgan fingerprint density at radius 2 is 2.07 bits per heavy atom. The van der Waals surface area contributed by atoms with Gasteiger partial charge in [0.25, 0.3) is 0 Å². The Kier molecular flexibility index (Phi) is 5.34. The Morgan fingerprint density at radius 1 is 1.33 bits per heavy atom. The quantitative estimate of drug-likeness (QED) is 0.781. The second-order valence-corrected chi connectivity index (χ2v) is 5.93.